The first kappa shape index (κ1) is 26.9. The highest BCUT2D eigenvalue weighted by atomic mass is 31.1. The summed E-state index contributed by atoms with van der Waals surface area (Å²) in [7, 11) is 2.53. The normalized spacial score (nSPS) is 13.5. The molecule has 2 heteroatoms. The fourth-order valence-corrected chi connectivity index (χ4v) is 7.67. The topological polar surface area (TPSA) is 0 Å². The second kappa shape index (κ2) is 23.9. The molecule has 158 valence electrons. The van der Waals surface area contributed by atoms with E-state index in [1.807, 2.05) is 0 Å². The van der Waals surface area contributed by atoms with Gasteiger partial charge in [-0.05, 0) is 37.0 Å². The van der Waals surface area contributed by atoms with E-state index in [4.69, 9.17) is 0 Å². The van der Waals surface area contributed by atoms with Crippen LogP contribution in [0.15, 0.2) is 0 Å². The van der Waals surface area contributed by atoms with Gasteiger partial charge in [0.2, 0.25) is 0 Å². The van der Waals surface area contributed by atoms with Crippen molar-refractivity contribution in [2.24, 2.45) is 0 Å². The van der Waals surface area contributed by atoms with Crippen LogP contribution >= 0.6 is 17.2 Å². The third-order valence-electron chi connectivity index (χ3n) is 5.42. The molecule has 0 aliphatic carbocycles. The van der Waals surface area contributed by atoms with Crippen LogP contribution in [0.1, 0.15) is 136 Å². The highest BCUT2D eigenvalue weighted by Crippen LogP contribution is 2.39. The van der Waals surface area contributed by atoms with Crippen LogP contribution in [0, 0.1) is 0 Å². The molecule has 0 amide bonds. The Kier molecular flexibility index (Phi) is 24.7. The molecule has 0 aromatic rings. The van der Waals surface area contributed by atoms with Gasteiger partial charge in [0.15, 0.2) is 0 Å². The lowest BCUT2D eigenvalue weighted by Gasteiger charge is -2.16. The lowest BCUT2D eigenvalue weighted by Crippen LogP contribution is -1.96. The summed E-state index contributed by atoms with van der Waals surface area (Å²) < 4.78 is 0. The Bertz CT molecular complexity index is 220. The average Bonchev–Trinajstić information content (AvgIpc) is 2.65. The number of hydrogen-bond donors (Lipinski definition) is 0. The van der Waals surface area contributed by atoms with E-state index >= 15 is 0 Å². The zero-order valence-electron chi connectivity index (χ0n) is 18.7. The quantitative estimate of drug-likeness (QED) is 0.125. The molecule has 0 aromatic heterocycles. The van der Waals surface area contributed by atoms with Crippen LogP contribution in [0.25, 0.3) is 0 Å². The molecular weight excluding hydrogens is 350 g/mol. The van der Waals surface area contributed by atoms with E-state index in [-0.39, 0.29) is 0 Å². The Morgan fingerprint density at radius 2 is 0.769 bits per heavy atom. The Balaban J connectivity index is 3.42. The van der Waals surface area contributed by atoms with Gasteiger partial charge in [-0.25, -0.2) is 0 Å². The SMILES string of the molecule is CCCCCCCCCCPC(CCC)PCCCCCCCCCC. The minimum Gasteiger partial charge on any atom is -0.115 e. The predicted octanol–water partition coefficient (Wildman–Crippen LogP) is 9.75. The average molecular weight is 403 g/mol. The number of rotatable bonds is 22. The van der Waals surface area contributed by atoms with Crippen molar-refractivity contribution < 1.29 is 0 Å². The van der Waals surface area contributed by atoms with Crippen molar-refractivity contribution in [3.63, 3.8) is 0 Å². The summed E-state index contributed by atoms with van der Waals surface area (Å²) in [5.74, 6) is 0. The smallest absolute Gasteiger partial charge is 0.00613 e. The Labute approximate surface area is 171 Å². The van der Waals surface area contributed by atoms with Gasteiger partial charge < -0.3 is 0 Å². The summed E-state index contributed by atoms with van der Waals surface area (Å²) in [6.07, 6.45) is 29.5. The van der Waals surface area contributed by atoms with Crippen LogP contribution in [0.2, 0.25) is 0 Å². The molecule has 26 heavy (non-hydrogen) atoms. The van der Waals surface area contributed by atoms with Crippen LogP contribution in [-0.4, -0.2) is 17.7 Å². The molecule has 0 saturated carbocycles. The van der Waals surface area contributed by atoms with Crippen LogP contribution < -0.4 is 0 Å². The molecule has 2 unspecified atom stereocenters. The van der Waals surface area contributed by atoms with Crippen molar-refractivity contribution in [1.29, 1.82) is 0 Å². The van der Waals surface area contributed by atoms with Crippen LogP contribution in [-0.2, 0) is 0 Å². The van der Waals surface area contributed by atoms with Gasteiger partial charge in [-0.15, -0.1) is 17.2 Å². The summed E-state index contributed by atoms with van der Waals surface area (Å²) in [4.78, 5) is 0. The maximum absolute atomic E-state index is 2.38. The Morgan fingerprint density at radius 1 is 0.423 bits per heavy atom. The summed E-state index contributed by atoms with van der Waals surface area (Å²) in [6.45, 7) is 7.00. The first-order valence-corrected chi connectivity index (χ1v) is 14.9. The van der Waals surface area contributed by atoms with Gasteiger partial charge in [0.25, 0.3) is 0 Å². The molecule has 0 N–H and O–H groups in total. The lowest BCUT2D eigenvalue weighted by atomic mass is 10.1. The maximum Gasteiger partial charge on any atom is -0.00613 e. The molecule has 0 saturated heterocycles. The monoisotopic (exact) mass is 402 g/mol. The zero-order chi connectivity index (χ0) is 19.1. The molecular formula is C24H52P2. The van der Waals surface area contributed by atoms with E-state index < -0.39 is 0 Å². The van der Waals surface area contributed by atoms with Gasteiger partial charge in [0.1, 0.15) is 0 Å². The highest BCUT2D eigenvalue weighted by molar-refractivity contribution is 7.57. The van der Waals surface area contributed by atoms with Crippen molar-refractivity contribution >= 4 is 17.2 Å². The Morgan fingerprint density at radius 3 is 1.12 bits per heavy atom. The predicted molar refractivity (Wildman–Crippen MR) is 130 cm³/mol. The molecule has 2 atom stereocenters. The number of hydrogen-bond acceptors (Lipinski definition) is 0. The third kappa shape index (κ3) is 21.2. The van der Waals surface area contributed by atoms with E-state index in [0.29, 0.717) is 0 Å². The molecule has 0 aromatic carbocycles. The second-order valence-electron chi connectivity index (χ2n) is 8.20. The van der Waals surface area contributed by atoms with E-state index in [1.165, 1.54) is 145 Å². The summed E-state index contributed by atoms with van der Waals surface area (Å²) >= 11 is 0. The third-order valence-corrected chi connectivity index (χ3v) is 9.49. The number of unbranched alkanes of at least 4 members (excludes halogenated alkanes) is 14. The first-order valence-electron chi connectivity index (χ1n) is 12.3. The van der Waals surface area contributed by atoms with Gasteiger partial charge in [0, 0.05) is 0 Å². The van der Waals surface area contributed by atoms with E-state index in [1.54, 1.807) is 0 Å². The molecule has 0 nitrogen and oxygen atoms in total. The standard InChI is InChI=1S/C24H52P2/c1-4-7-9-11-13-15-17-19-22-25-24(21-6-3)26-23-20-18-16-14-12-10-8-5-2/h24-26H,4-23H2,1-3H3. The Hall–Kier alpha value is 0.860. The molecule has 0 bridgehead atoms. The fraction of sp³-hybridized carbons (Fsp3) is 1.00. The van der Waals surface area contributed by atoms with Crippen LogP contribution in [0.5, 0.6) is 0 Å². The van der Waals surface area contributed by atoms with Crippen LogP contribution in [0.3, 0.4) is 0 Å². The first-order chi connectivity index (χ1) is 12.8. The van der Waals surface area contributed by atoms with E-state index in [0.717, 1.165) is 5.40 Å². The van der Waals surface area contributed by atoms with E-state index in [9.17, 15) is 0 Å². The van der Waals surface area contributed by atoms with Crippen molar-refractivity contribution in [1.82, 2.24) is 0 Å². The largest absolute Gasteiger partial charge is 0.115 e. The van der Waals surface area contributed by atoms with Gasteiger partial charge in [-0.3, -0.25) is 0 Å². The molecule has 0 heterocycles. The van der Waals surface area contributed by atoms with Gasteiger partial charge in [-0.2, -0.15) is 0 Å². The molecule has 0 rings (SSSR count). The van der Waals surface area contributed by atoms with Crippen molar-refractivity contribution in [2.75, 3.05) is 12.3 Å². The maximum atomic E-state index is 2.38. The van der Waals surface area contributed by atoms with Crippen molar-refractivity contribution in [3.05, 3.63) is 0 Å². The molecule has 0 spiro atoms. The van der Waals surface area contributed by atoms with Crippen LogP contribution in [0.4, 0.5) is 0 Å². The molecule has 0 fully saturated rings. The minimum atomic E-state index is 1.09. The summed E-state index contributed by atoms with van der Waals surface area (Å²) in [5.41, 5.74) is 0. The van der Waals surface area contributed by atoms with Gasteiger partial charge >= 0.3 is 0 Å². The van der Waals surface area contributed by atoms with Gasteiger partial charge in [-0.1, -0.05) is 117 Å². The molecule has 0 aliphatic rings. The van der Waals surface area contributed by atoms with Gasteiger partial charge in [0.05, 0.1) is 0 Å². The zero-order valence-corrected chi connectivity index (χ0v) is 20.7. The molecule has 0 radical (unpaired) electrons. The summed E-state index contributed by atoms with van der Waals surface area (Å²) in [6, 6.07) is 0. The fourth-order valence-electron chi connectivity index (χ4n) is 3.64. The highest BCUT2D eigenvalue weighted by Gasteiger charge is 2.07. The molecule has 0 aliphatic heterocycles. The van der Waals surface area contributed by atoms with Crippen molar-refractivity contribution in [3.8, 4) is 0 Å². The minimum absolute atomic E-state index is 1.09. The van der Waals surface area contributed by atoms with E-state index in [2.05, 4.69) is 20.8 Å². The summed E-state index contributed by atoms with van der Waals surface area (Å²) in [5, 5.41) is 1.09. The van der Waals surface area contributed by atoms with Crippen molar-refractivity contribution in [2.45, 2.75) is 142 Å². The lowest BCUT2D eigenvalue weighted by molar-refractivity contribution is 0.586. The second-order valence-corrected chi connectivity index (χ2v) is 12.0.